The number of halogens is 1. The second-order valence-corrected chi connectivity index (χ2v) is 11.6. The quantitative estimate of drug-likeness (QED) is 0.341. The van der Waals surface area contributed by atoms with E-state index in [1.807, 2.05) is 56.3 Å². The molecule has 2 aromatic carbocycles. The summed E-state index contributed by atoms with van der Waals surface area (Å²) in [5.41, 5.74) is 1.26. The molecule has 38 heavy (non-hydrogen) atoms. The van der Waals surface area contributed by atoms with Gasteiger partial charge in [-0.25, -0.2) is 4.79 Å². The number of para-hydroxylation sites is 1. The summed E-state index contributed by atoms with van der Waals surface area (Å²) < 4.78 is 5.36. The molecule has 0 saturated carbocycles. The van der Waals surface area contributed by atoms with E-state index in [1.165, 1.54) is 0 Å². The molecule has 3 unspecified atom stereocenters. The van der Waals surface area contributed by atoms with Crippen LogP contribution in [0.5, 0.6) is 0 Å². The number of nitrogens with one attached hydrogen (secondary N) is 2. The van der Waals surface area contributed by atoms with Gasteiger partial charge in [-0.05, 0) is 77.5 Å². The van der Waals surface area contributed by atoms with Crippen LogP contribution in [0.25, 0.3) is 0 Å². The average molecular weight is 544 g/mol. The summed E-state index contributed by atoms with van der Waals surface area (Å²) in [6.45, 7) is 14.9. The van der Waals surface area contributed by atoms with Crippen LogP contribution in [0.15, 0.2) is 48.5 Å². The lowest BCUT2D eigenvalue weighted by molar-refractivity contribution is -0.143. The zero-order chi connectivity index (χ0) is 28.6. The van der Waals surface area contributed by atoms with Crippen molar-refractivity contribution in [2.45, 2.75) is 92.0 Å². The zero-order valence-electron chi connectivity index (χ0n) is 23.8. The predicted octanol–water partition coefficient (Wildman–Crippen LogP) is 6.89. The molecule has 0 bridgehead atoms. The van der Waals surface area contributed by atoms with Gasteiger partial charge in [-0.15, -0.1) is 0 Å². The van der Waals surface area contributed by atoms with E-state index in [9.17, 15) is 14.4 Å². The summed E-state index contributed by atoms with van der Waals surface area (Å²) in [6, 6.07) is 12.4. The lowest BCUT2D eigenvalue weighted by Crippen LogP contribution is -2.54. The number of hydrogen-bond acceptors (Lipinski definition) is 4. The van der Waals surface area contributed by atoms with E-state index in [2.05, 4.69) is 24.5 Å². The molecule has 0 fully saturated rings. The SMILES string of the molecule is Cc1cccc(Cl)c1NC(=O)C(c1ccccc1)N(C(=O)C(C)NC(=O)OC(C)(C)C)C(C)CCC(C)C. The highest BCUT2D eigenvalue weighted by molar-refractivity contribution is 6.34. The third-order valence-corrected chi connectivity index (χ3v) is 6.42. The largest absolute Gasteiger partial charge is 0.444 e. The Labute approximate surface area is 232 Å². The Kier molecular flexibility index (Phi) is 11.2. The highest BCUT2D eigenvalue weighted by Crippen LogP contribution is 2.31. The number of benzene rings is 2. The summed E-state index contributed by atoms with van der Waals surface area (Å²) in [6.07, 6.45) is 0.858. The van der Waals surface area contributed by atoms with Crippen molar-refractivity contribution >= 4 is 35.2 Å². The minimum Gasteiger partial charge on any atom is -0.444 e. The number of carbonyl (C=O) groups is 3. The normalized spacial score (nSPS) is 13.8. The van der Waals surface area contributed by atoms with Gasteiger partial charge < -0.3 is 20.3 Å². The number of nitrogens with zero attached hydrogens (tertiary/aromatic N) is 1. The van der Waals surface area contributed by atoms with Crippen LogP contribution >= 0.6 is 11.6 Å². The molecular weight excluding hydrogens is 502 g/mol. The van der Waals surface area contributed by atoms with E-state index in [0.717, 1.165) is 12.0 Å². The Morgan fingerprint density at radius 1 is 0.947 bits per heavy atom. The minimum absolute atomic E-state index is 0.295. The first-order valence-corrected chi connectivity index (χ1v) is 13.5. The second kappa shape index (κ2) is 13.7. The Morgan fingerprint density at radius 3 is 2.13 bits per heavy atom. The van der Waals surface area contributed by atoms with Gasteiger partial charge >= 0.3 is 6.09 Å². The molecule has 0 aliphatic rings. The van der Waals surface area contributed by atoms with Crippen molar-refractivity contribution in [3.05, 3.63) is 64.7 Å². The smallest absolute Gasteiger partial charge is 0.408 e. The van der Waals surface area contributed by atoms with Crippen molar-refractivity contribution in [3.8, 4) is 0 Å². The van der Waals surface area contributed by atoms with Crippen molar-refractivity contribution in [3.63, 3.8) is 0 Å². The standard InChI is InChI=1S/C30H42ClN3O4/c1-19(2)17-18-21(4)34(28(36)22(5)32-29(37)38-30(6,7)8)26(23-14-10-9-11-15-23)27(35)33-25-20(3)13-12-16-24(25)31/h9-16,19,21-22,26H,17-18H2,1-8H3,(H,32,37)(H,33,35). The van der Waals surface area contributed by atoms with Crippen LogP contribution in [0, 0.1) is 12.8 Å². The van der Waals surface area contributed by atoms with Crippen LogP contribution in [-0.4, -0.2) is 40.5 Å². The molecule has 0 aromatic heterocycles. The van der Waals surface area contributed by atoms with E-state index >= 15 is 0 Å². The number of anilines is 1. The van der Waals surface area contributed by atoms with E-state index in [1.54, 1.807) is 38.7 Å². The third-order valence-electron chi connectivity index (χ3n) is 6.11. The van der Waals surface area contributed by atoms with Gasteiger partial charge in [0.05, 0.1) is 10.7 Å². The summed E-state index contributed by atoms with van der Waals surface area (Å²) in [7, 11) is 0. The molecule has 2 rings (SSSR count). The number of aryl methyl sites for hydroxylation is 1. The van der Waals surface area contributed by atoms with E-state index in [0.29, 0.717) is 28.6 Å². The maximum atomic E-state index is 14.0. The topological polar surface area (TPSA) is 87.7 Å². The summed E-state index contributed by atoms with van der Waals surface area (Å²) in [5.74, 6) is -0.352. The van der Waals surface area contributed by atoms with Gasteiger partial charge in [-0.1, -0.05) is 67.9 Å². The summed E-state index contributed by atoms with van der Waals surface area (Å²) >= 11 is 6.42. The van der Waals surface area contributed by atoms with E-state index < -0.39 is 23.8 Å². The molecular formula is C30H42ClN3O4. The number of amides is 3. The number of carbonyl (C=O) groups excluding carboxylic acids is 3. The number of alkyl carbamates (subject to hydrolysis) is 1. The summed E-state index contributed by atoms with van der Waals surface area (Å²) in [4.78, 5) is 42.0. The molecule has 7 nitrogen and oxygen atoms in total. The maximum Gasteiger partial charge on any atom is 0.408 e. The monoisotopic (exact) mass is 543 g/mol. The number of rotatable bonds is 10. The molecule has 0 radical (unpaired) electrons. The molecule has 0 spiro atoms. The molecule has 208 valence electrons. The average Bonchev–Trinajstić information content (AvgIpc) is 2.82. The first kappa shape index (κ1) is 31.2. The van der Waals surface area contributed by atoms with Gasteiger partial charge in [0.1, 0.15) is 17.7 Å². The van der Waals surface area contributed by atoms with Crippen LogP contribution in [0.4, 0.5) is 10.5 Å². The van der Waals surface area contributed by atoms with Crippen LogP contribution in [-0.2, 0) is 14.3 Å². The molecule has 0 saturated heterocycles. The maximum absolute atomic E-state index is 14.0. The number of ether oxygens (including phenoxy) is 1. The van der Waals surface area contributed by atoms with E-state index in [4.69, 9.17) is 16.3 Å². The van der Waals surface area contributed by atoms with Crippen LogP contribution in [0.1, 0.15) is 78.5 Å². The molecule has 0 aliphatic heterocycles. The van der Waals surface area contributed by atoms with Gasteiger partial charge in [0.15, 0.2) is 0 Å². The lowest BCUT2D eigenvalue weighted by Gasteiger charge is -2.38. The molecule has 8 heteroatoms. The van der Waals surface area contributed by atoms with Crippen molar-refractivity contribution in [1.82, 2.24) is 10.2 Å². The van der Waals surface area contributed by atoms with Gasteiger partial charge in [0.25, 0.3) is 5.91 Å². The van der Waals surface area contributed by atoms with Gasteiger partial charge in [0, 0.05) is 6.04 Å². The zero-order valence-corrected chi connectivity index (χ0v) is 24.6. The van der Waals surface area contributed by atoms with E-state index in [-0.39, 0.29) is 17.9 Å². The van der Waals surface area contributed by atoms with Crippen LogP contribution < -0.4 is 10.6 Å². The fourth-order valence-corrected chi connectivity index (χ4v) is 4.41. The van der Waals surface area contributed by atoms with Crippen molar-refractivity contribution in [2.24, 2.45) is 5.92 Å². The Bertz CT molecular complexity index is 1080. The number of hydrogen-bond donors (Lipinski definition) is 2. The molecule has 2 aromatic rings. The molecule has 0 aliphatic carbocycles. The Hall–Kier alpha value is -3.06. The highest BCUT2D eigenvalue weighted by Gasteiger charge is 2.37. The third kappa shape index (κ3) is 9.05. The van der Waals surface area contributed by atoms with Crippen molar-refractivity contribution in [1.29, 1.82) is 0 Å². The molecule has 3 amide bonds. The van der Waals surface area contributed by atoms with Gasteiger partial charge in [0.2, 0.25) is 5.91 Å². The molecule has 2 N–H and O–H groups in total. The van der Waals surface area contributed by atoms with Crippen molar-refractivity contribution in [2.75, 3.05) is 5.32 Å². The van der Waals surface area contributed by atoms with Crippen molar-refractivity contribution < 1.29 is 19.1 Å². The second-order valence-electron chi connectivity index (χ2n) is 11.2. The summed E-state index contributed by atoms with van der Waals surface area (Å²) in [5, 5.41) is 6.02. The fourth-order valence-electron chi connectivity index (χ4n) is 4.14. The Morgan fingerprint density at radius 2 is 1.58 bits per heavy atom. The minimum atomic E-state index is -0.954. The van der Waals surface area contributed by atoms with Crippen LogP contribution in [0.3, 0.4) is 0 Å². The first-order chi connectivity index (χ1) is 17.7. The van der Waals surface area contributed by atoms with Gasteiger partial charge in [-0.2, -0.15) is 0 Å². The fraction of sp³-hybridized carbons (Fsp3) is 0.500. The Balaban J connectivity index is 2.51. The highest BCUT2D eigenvalue weighted by atomic mass is 35.5. The predicted molar refractivity (Wildman–Crippen MR) is 153 cm³/mol. The van der Waals surface area contributed by atoms with Crippen LogP contribution in [0.2, 0.25) is 5.02 Å². The molecule has 0 heterocycles. The van der Waals surface area contributed by atoms with Gasteiger partial charge in [-0.3, -0.25) is 9.59 Å². The first-order valence-electron chi connectivity index (χ1n) is 13.1. The lowest BCUT2D eigenvalue weighted by atomic mass is 9.97. The molecule has 3 atom stereocenters.